The maximum atomic E-state index is 12.4. The Hall–Kier alpha value is -2.82. The first kappa shape index (κ1) is 19.5. The van der Waals surface area contributed by atoms with Crippen molar-refractivity contribution in [2.75, 3.05) is 5.32 Å². The number of hydrogen-bond donors (Lipinski definition) is 1. The second-order valence-electron chi connectivity index (χ2n) is 6.25. The number of aryl methyl sites for hydroxylation is 1. The van der Waals surface area contributed by atoms with E-state index >= 15 is 0 Å². The van der Waals surface area contributed by atoms with E-state index in [1.807, 2.05) is 31.2 Å². The summed E-state index contributed by atoms with van der Waals surface area (Å²) in [4.78, 5) is 24.2. The minimum atomic E-state index is -0.907. The first-order valence-corrected chi connectivity index (χ1v) is 8.75. The van der Waals surface area contributed by atoms with Crippen molar-refractivity contribution < 1.29 is 18.7 Å². The van der Waals surface area contributed by atoms with Crippen molar-refractivity contribution in [3.05, 3.63) is 59.6 Å². The molecule has 138 valence electrons. The topological polar surface area (TPSA) is 68.5 Å². The van der Waals surface area contributed by atoms with Crippen LogP contribution in [0.1, 0.15) is 50.2 Å². The summed E-state index contributed by atoms with van der Waals surface area (Å²) >= 11 is 0. The molecule has 1 amide bonds. The largest absolute Gasteiger partial charge is 0.462 e. The number of furan rings is 1. The number of ether oxygens (including phenoxy) is 1. The molecule has 1 N–H and O–H groups in total. The molecule has 0 saturated heterocycles. The Bertz CT molecular complexity index is 791. The number of carbonyl (C=O) groups excluding carboxylic acids is 2. The lowest BCUT2D eigenvalue weighted by atomic mass is 9.97. The van der Waals surface area contributed by atoms with Crippen molar-refractivity contribution >= 4 is 23.6 Å². The fraction of sp³-hybridized carbons (Fsp3) is 0.333. The lowest BCUT2D eigenvalue weighted by Gasteiger charge is -2.17. The van der Waals surface area contributed by atoms with Crippen LogP contribution in [0.5, 0.6) is 0 Å². The van der Waals surface area contributed by atoms with Gasteiger partial charge in [-0.25, -0.2) is 4.79 Å². The van der Waals surface area contributed by atoms with Gasteiger partial charge in [0.15, 0.2) is 6.10 Å². The summed E-state index contributed by atoms with van der Waals surface area (Å²) in [7, 11) is 0. The minimum Gasteiger partial charge on any atom is -0.462 e. The maximum absolute atomic E-state index is 12.4. The molecule has 0 saturated carbocycles. The molecule has 26 heavy (non-hydrogen) atoms. The van der Waals surface area contributed by atoms with Crippen molar-refractivity contribution in [2.45, 2.75) is 46.1 Å². The summed E-state index contributed by atoms with van der Waals surface area (Å²) in [5, 5.41) is 2.85. The molecular formula is C21H25NO4. The third-order valence-corrected chi connectivity index (χ3v) is 4.17. The minimum absolute atomic E-state index is 0.323. The molecule has 0 spiro atoms. The van der Waals surface area contributed by atoms with Crippen LogP contribution < -0.4 is 5.32 Å². The molecule has 5 nitrogen and oxygen atoms in total. The van der Waals surface area contributed by atoms with E-state index in [0.717, 1.165) is 23.4 Å². The highest BCUT2D eigenvalue weighted by Crippen LogP contribution is 2.26. The van der Waals surface area contributed by atoms with E-state index in [4.69, 9.17) is 9.15 Å². The van der Waals surface area contributed by atoms with Crippen LogP contribution in [0, 0.1) is 6.92 Å². The molecule has 1 aromatic carbocycles. The van der Waals surface area contributed by atoms with Gasteiger partial charge in [-0.3, -0.25) is 4.79 Å². The van der Waals surface area contributed by atoms with Gasteiger partial charge in [-0.15, -0.1) is 0 Å². The number of nitrogens with one attached hydrogen (secondary N) is 1. The Morgan fingerprint density at radius 1 is 1.19 bits per heavy atom. The highest BCUT2D eigenvalue weighted by atomic mass is 16.5. The van der Waals surface area contributed by atoms with Crippen LogP contribution in [0.15, 0.2) is 46.9 Å². The van der Waals surface area contributed by atoms with Gasteiger partial charge in [0.25, 0.3) is 5.91 Å². The molecule has 0 bridgehead atoms. The van der Waals surface area contributed by atoms with Gasteiger partial charge in [0.05, 0.1) is 0 Å². The Labute approximate surface area is 154 Å². The second-order valence-corrected chi connectivity index (χ2v) is 6.25. The van der Waals surface area contributed by atoms with Crippen molar-refractivity contribution in [1.29, 1.82) is 0 Å². The SMILES string of the molecule is CCC(C)c1ccccc1NC(=O)C(C)OC(=O)/C=C/c1ccc(C)o1. The normalized spacial score (nSPS) is 13.4. The Kier molecular flexibility index (Phi) is 6.78. The summed E-state index contributed by atoms with van der Waals surface area (Å²) in [6.45, 7) is 7.57. The third kappa shape index (κ3) is 5.34. The Balaban J connectivity index is 1.95. The summed E-state index contributed by atoms with van der Waals surface area (Å²) in [6.07, 6.45) is 2.82. The quantitative estimate of drug-likeness (QED) is 0.578. The average molecular weight is 355 g/mol. The van der Waals surface area contributed by atoms with Gasteiger partial charge in [-0.2, -0.15) is 0 Å². The average Bonchev–Trinajstić information content (AvgIpc) is 3.05. The number of rotatable bonds is 7. The van der Waals surface area contributed by atoms with Crippen LogP contribution in [-0.2, 0) is 14.3 Å². The molecule has 5 heteroatoms. The van der Waals surface area contributed by atoms with Gasteiger partial charge < -0.3 is 14.5 Å². The van der Waals surface area contributed by atoms with Gasteiger partial charge in [0, 0.05) is 11.8 Å². The highest BCUT2D eigenvalue weighted by molar-refractivity contribution is 5.97. The van der Waals surface area contributed by atoms with Crippen LogP contribution in [0.25, 0.3) is 6.08 Å². The number of amides is 1. The summed E-state index contributed by atoms with van der Waals surface area (Å²) < 4.78 is 10.5. The molecule has 2 atom stereocenters. The molecule has 2 rings (SSSR count). The number of carbonyl (C=O) groups is 2. The molecule has 2 unspecified atom stereocenters. The van der Waals surface area contributed by atoms with Gasteiger partial charge in [0.2, 0.25) is 0 Å². The summed E-state index contributed by atoms with van der Waals surface area (Å²) in [6, 6.07) is 11.2. The standard InChI is InChI=1S/C21H25NO4/c1-5-14(2)18-8-6-7-9-19(18)22-21(24)16(4)26-20(23)13-12-17-11-10-15(3)25-17/h6-14,16H,5H2,1-4H3,(H,22,24)/b13-12+. The van der Waals surface area contributed by atoms with E-state index in [2.05, 4.69) is 19.2 Å². The fourth-order valence-corrected chi connectivity index (χ4v) is 2.46. The van der Waals surface area contributed by atoms with Gasteiger partial charge in [0.1, 0.15) is 11.5 Å². The third-order valence-electron chi connectivity index (χ3n) is 4.17. The van der Waals surface area contributed by atoms with Crippen LogP contribution >= 0.6 is 0 Å². The zero-order valence-corrected chi connectivity index (χ0v) is 15.6. The fourth-order valence-electron chi connectivity index (χ4n) is 2.46. The molecular weight excluding hydrogens is 330 g/mol. The van der Waals surface area contributed by atoms with Crippen LogP contribution in [0.4, 0.5) is 5.69 Å². The predicted molar refractivity (Wildman–Crippen MR) is 102 cm³/mol. The van der Waals surface area contributed by atoms with Gasteiger partial charge >= 0.3 is 5.97 Å². The molecule has 0 aliphatic carbocycles. The Morgan fingerprint density at radius 2 is 1.92 bits per heavy atom. The van der Waals surface area contributed by atoms with Crippen LogP contribution in [0.3, 0.4) is 0 Å². The molecule has 1 heterocycles. The molecule has 0 radical (unpaired) electrons. The predicted octanol–water partition coefficient (Wildman–Crippen LogP) is 4.69. The molecule has 0 aliphatic heterocycles. The van der Waals surface area contributed by atoms with Crippen molar-refractivity contribution in [1.82, 2.24) is 0 Å². The first-order valence-electron chi connectivity index (χ1n) is 8.75. The maximum Gasteiger partial charge on any atom is 0.331 e. The van der Waals surface area contributed by atoms with E-state index in [9.17, 15) is 9.59 Å². The van der Waals surface area contributed by atoms with E-state index < -0.39 is 12.1 Å². The smallest absolute Gasteiger partial charge is 0.331 e. The van der Waals surface area contributed by atoms with E-state index in [1.165, 1.54) is 12.2 Å². The summed E-state index contributed by atoms with van der Waals surface area (Å²) in [5.74, 6) is 0.669. The van der Waals surface area contributed by atoms with Crippen molar-refractivity contribution in [2.24, 2.45) is 0 Å². The number of hydrogen-bond acceptors (Lipinski definition) is 4. The van der Waals surface area contributed by atoms with Gasteiger partial charge in [-0.1, -0.05) is 32.0 Å². The lowest BCUT2D eigenvalue weighted by molar-refractivity contribution is -0.148. The van der Waals surface area contributed by atoms with Crippen LogP contribution in [-0.4, -0.2) is 18.0 Å². The number of para-hydroxylation sites is 1. The Morgan fingerprint density at radius 3 is 2.58 bits per heavy atom. The van der Waals surface area contributed by atoms with E-state index in [-0.39, 0.29) is 5.91 Å². The number of anilines is 1. The van der Waals surface area contributed by atoms with Crippen molar-refractivity contribution in [3.63, 3.8) is 0 Å². The lowest BCUT2D eigenvalue weighted by Crippen LogP contribution is -2.29. The first-order chi connectivity index (χ1) is 12.4. The van der Waals surface area contributed by atoms with E-state index in [0.29, 0.717) is 11.7 Å². The van der Waals surface area contributed by atoms with E-state index in [1.54, 1.807) is 19.1 Å². The monoisotopic (exact) mass is 355 g/mol. The molecule has 0 fully saturated rings. The van der Waals surface area contributed by atoms with Crippen LogP contribution in [0.2, 0.25) is 0 Å². The molecule has 2 aromatic rings. The number of esters is 1. The highest BCUT2D eigenvalue weighted by Gasteiger charge is 2.18. The van der Waals surface area contributed by atoms with Gasteiger partial charge in [-0.05, 0) is 56.0 Å². The molecule has 0 aliphatic rings. The zero-order valence-electron chi connectivity index (χ0n) is 15.6. The molecule has 1 aromatic heterocycles. The second kappa shape index (κ2) is 9.04. The van der Waals surface area contributed by atoms with Crippen molar-refractivity contribution in [3.8, 4) is 0 Å². The zero-order chi connectivity index (χ0) is 19.1. The number of benzene rings is 1. The summed E-state index contributed by atoms with van der Waals surface area (Å²) in [5.41, 5.74) is 1.81.